The zero-order valence-corrected chi connectivity index (χ0v) is 9.37. The van der Waals surface area contributed by atoms with Crippen LogP contribution in [0.15, 0.2) is 18.2 Å². The summed E-state index contributed by atoms with van der Waals surface area (Å²) in [5.41, 5.74) is 0.387. The minimum Gasteiger partial charge on any atom is -0.469 e. The molecular weight excluding hydrogens is 228 g/mol. The Morgan fingerprint density at radius 1 is 1.47 bits per heavy atom. The summed E-state index contributed by atoms with van der Waals surface area (Å²) in [5.74, 6) is -1.77. The molecule has 0 amide bonds. The van der Waals surface area contributed by atoms with E-state index in [1.54, 1.807) is 0 Å². The summed E-state index contributed by atoms with van der Waals surface area (Å²) in [4.78, 5) is 11.3. The van der Waals surface area contributed by atoms with E-state index >= 15 is 0 Å². The van der Waals surface area contributed by atoms with Gasteiger partial charge in [0.05, 0.1) is 13.0 Å². The number of carbonyl (C=O) groups excluding carboxylic acids is 1. The average Bonchev–Trinajstić information content (AvgIpc) is 2.77. The molecule has 92 valence electrons. The third-order valence-corrected chi connectivity index (χ3v) is 3.00. The summed E-state index contributed by atoms with van der Waals surface area (Å²) in [6, 6.07) is 3.20. The van der Waals surface area contributed by atoms with Crippen LogP contribution in [0.4, 0.5) is 8.78 Å². The first-order chi connectivity index (χ1) is 8.11. The molecule has 0 radical (unpaired) electrons. The highest BCUT2D eigenvalue weighted by molar-refractivity contribution is 5.73. The monoisotopic (exact) mass is 241 g/mol. The van der Waals surface area contributed by atoms with Crippen molar-refractivity contribution in [1.82, 2.24) is 5.32 Å². The van der Waals surface area contributed by atoms with Crippen molar-refractivity contribution in [3.05, 3.63) is 35.4 Å². The van der Waals surface area contributed by atoms with Crippen LogP contribution >= 0.6 is 0 Å². The van der Waals surface area contributed by atoms with Gasteiger partial charge in [0.25, 0.3) is 0 Å². The summed E-state index contributed by atoms with van der Waals surface area (Å²) in [7, 11) is 1.33. The molecule has 1 N–H and O–H groups in total. The molecule has 1 aromatic rings. The highest BCUT2D eigenvalue weighted by atomic mass is 19.1. The second kappa shape index (κ2) is 4.79. The van der Waals surface area contributed by atoms with Gasteiger partial charge in [0.2, 0.25) is 0 Å². The number of nitrogens with one attached hydrogen (secondary N) is 1. The number of esters is 1. The molecule has 17 heavy (non-hydrogen) atoms. The number of rotatable bonds is 2. The Hall–Kier alpha value is -1.49. The van der Waals surface area contributed by atoms with Gasteiger partial charge in [-0.15, -0.1) is 0 Å². The number of carbonyl (C=O) groups is 1. The van der Waals surface area contributed by atoms with E-state index in [1.165, 1.54) is 19.2 Å². The molecule has 5 heteroatoms. The molecule has 1 heterocycles. The van der Waals surface area contributed by atoms with Crippen LogP contribution in [0, 0.1) is 17.6 Å². The van der Waals surface area contributed by atoms with Crippen LogP contribution in [0.2, 0.25) is 0 Å². The Balaban J connectivity index is 2.12. The average molecular weight is 241 g/mol. The first-order valence-corrected chi connectivity index (χ1v) is 5.38. The maximum atomic E-state index is 13.5. The second-order valence-corrected chi connectivity index (χ2v) is 4.08. The van der Waals surface area contributed by atoms with E-state index in [-0.39, 0.29) is 17.9 Å². The quantitative estimate of drug-likeness (QED) is 0.802. The number of methoxy groups -OCH3 is 1. The van der Waals surface area contributed by atoms with Crippen LogP contribution in [0.1, 0.15) is 18.0 Å². The fourth-order valence-electron chi connectivity index (χ4n) is 2.10. The molecule has 0 aromatic heterocycles. The second-order valence-electron chi connectivity index (χ2n) is 4.08. The Morgan fingerprint density at radius 2 is 2.24 bits per heavy atom. The number of benzene rings is 1. The van der Waals surface area contributed by atoms with E-state index in [2.05, 4.69) is 10.1 Å². The van der Waals surface area contributed by atoms with Gasteiger partial charge >= 0.3 is 5.97 Å². The Kier molecular flexibility index (Phi) is 3.38. The van der Waals surface area contributed by atoms with Gasteiger partial charge in [0, 0.05) is 24.2 Å². The molecule has 2 atom stereocenters. The summed E-state index contributed by atoms with van der Waals surface area (Å²) in [6.07, 6.45) is 0.467. The van der Waals surface area contributed by atoms with Crippen molar-refractivity contribution in [2.75, 3.05) is 13.7 Å². The minimum absolute atomic E-state index is 0.264. The molecule has 2 rings (SSSR count). The number of ether oxygens (including phenoxy) is 1. The zero-order valence-electron chi connectivity index (χ0n) is 9.37. The molecule has 2 unspecified atom stereocenters. The third-order valence-electron chi connectivity index (χ3n) is 3.00. The number of hydrogen-bond donors (Lipinski definition) is 1. The molecule has 1 aromatic carbocycles. The molecule has 0 aliphatic carbocycles. The van der Waals surface area contributed by atoms with Crippen LogP contribution in [-0.4, -0.2) is 19.6 Å². The van der Waals surface area contributed by atoms with Crippen molar-refractivity contribution in [2.24, 2.45) is 5.92 Å². The molecule has 1 saturated heterocycles. The van der Waals surface area contributed by atoms with Crippen molar-refractivity contribution in [2.45, 2.75) is 12.5 Å². The van der Waals surface area contributed by atoms with Gasteiger partial charge in [-0.2, -0.15) is 0 Å². The molecule has 1 aliphatic heterocycles. The standard InChI is InChI=1S/C12H13F2NO2/c1-17-12(16)7-4-11(15-6-7)9-3-2-8(13)5-10(9)14/h2-3,5,7,11,15H,4,6H2,1H3. The van der Waals surface area contributed by atoms with E-state index in [0.717, 1.165) is 6.07 Å². The predicted octanol–water partition coefficient (Wildman–Crippen LogP) is 1.79. The fourth-order valence-corrected chi connectivity index (χ4v) is 2.10. The van der Waals surface area contributed by atoms with Gasteiger partial charge in [-0.05, 0) is 12.5 Å². The summed E-state index contributed by atoms with van der Waals surface area (Å²) < 4.78 is 30.9. The van der Waals surface area contributed by atoms with Crippen LogP contribution < -0.4 is 5.32 Å². The molecule has 1 aliphatic rings. The Labute approximate surface area is 97.8 Å². The number of halogens is 2. The molecule has 0 bridgehead atoms. The minimum atomic E-state index is -0.603. The molecule has 0 saturated carbocycles. The van der Waals surface area contributed by atoms with Crippen LogP contribution in [0.3, 0.4) is 0 Å². The first kappa shape index (κ1) is 12.0. The van der Waals surface area contributed by atoms with Gasteiger partial charge in [-0.25, -0.2) is 8.78 Å². The Morgan fingerprint density at radius 3 is 2.88 bits per heavy atom. The third kappa shape index (κ3) is 2.44. The lowest BCUT2D eigenvalue weighted by atomic mass is 10.00. The largest absolute Gasteiger partial charge is 0.469 e. The maximum Gasteiger partial charge on any atom is 0.310 e. The van der Waals surface area contributed by atoms with Crippen molar-refractivity contribution in [3.8, 4) is 0 Å². The van der Waals surface area contributed by atoms with Gasteiger partial charge in [0.15, 0.2) is 0 Å². The lowest BCUT2D eigenvalue weighted by Gasteiger charge is -2.11. The van der Waals surface area contributed by atoms with Crippen LogP contribution in [0.25, 0.3) is 0 Å². The van der Waals surface area contributed by atoms with Crippen molar-refractivity contribution >= 4 is 5.97 Å². The SMILES string of the molecule is COC(=O)C1CNC(c2ccc(F)cc2F)C1. The summed E-state index contributed by atoms with van der Waals surface area (Å²) >= 11 is 0. The Bertz CT molecular complexity index is 437. The normalized spacial score (nSPS) is 23.7. The van der Waals surface area contributed by atoms with E-state index in [0.29, 0.717) is 18.5 Å². The van der Waals surface area contributed by atoms with Crippen molar-refractivity contribution in [3.63, 3.8) is 0 Å². The van der Waals surface area contributed by atoms with Gasteiger partial charge in [0.1, 0.15) is 11.6 Å². The fraction of sp³-hybridized carbons (Fsp3) is 0.417. The zero-order chi connectivity index (χ0) is 12.4. The summed E-state index contributed by atoms with van der Waals surface area (Å²) in [6.45, 7) is 0.453. The van der Waals surface area contributed by atoms with Gasteiger partial charge < -0.3 is 10.1 Å². The maximum absolute atomic E-state index is 13.5. The molecule has 0 spiro atoms. The predicted molar refractivity (Wildman–Crippen MR) is 57.2 cm³/mol. The number of hydrogen-bond acceptors (Lipinski definition) is 3. The molecule has 1 fully saturated rings. The highest BCUT2D eigenvalue weighted by Crippen LogP contribution is 2.29. The van der Waals surface area contributed by atoms with E-state index in [9.17, 15) is 13.6 Å². The lowest BCUT2D eigenvalue weighted by Crippen LogP contribution is -2.19. The van der Waals surface area contributed by atoms with E-state index in [4.69, 9.17) is 0 Å². The summed E-state index contributed by atoms with van der Waals surface area (Å²) in [5, 5.41) is 3.04. The van der Waals surface area contributed by atoms with Crippen molar-refractivity contribution in [1.29, 1.82) is 0 Å². The highest BCUT2D eigenvalue weighted by Gasteiger charge is 2.32. The smallest absolute Gasteiger partial charge is 0.310 e. The van der Waals surface area contributed by atoms with E-state index < -0.39 is 11.6 Å². The first-order valence-electron chi connectivity index (χ1n) is 5.38. The topological polar surface area (TPSA) is 38.3 Å². The molecular formula is C12H13F2NO2. The van der Waals surface area contributed by atoms with Crippen LogP contribution in [0.5, 0.6) is 0 Å². The molecule has 3 nitrogen and oxygen atoms in total. The van der Waals surface area contributed by atoms with E-state index in [1.807, 2.05) is 0 Å². The van der Waals surface area contributed by atoms with Crippen LogP contribution in [-0.2, 0) is 9.53 Å². The van der Waals surface area contributed by atoms with Crippen molar-refractivity contribution < 1.29 is 18.3 Å². The lowest BCUT2D eigenvalue weighted by molar-refractivity contribution is -0.144. The van der Waals surface area contributed by atoms with Gasteiger partial charge in [-0.3, -0.25) is 4.79 Å². The van der Waals surface area contributed by atoms with Gasteiger partial charge in [-0.1, -0.05) is 6.07 Å².